The summed E-state index contributed by atoms with van der Waals surface area (Å²) in [5, 5.41) is 10.7. The number of hydrogen-bond acceptors (Lipinski definition) is 15. The van der Waals surface area contributed by atoms with Crippen LogP contribution in [0.25, 0.3) is 0 Å². The fraction of sp³-hybridized carbons (Fsp3) is 0.951. The zero-order chi connectivity index (χ0) is 74.6. The maximum atomic E-state index is 13.1. The van der Waals surface area contributed by atoms with Gasteiger partial charge in [0.05, 0.1) is 26.4 Å². The highest BCUT2D eigenvalue weighted by molar-refractivity contribution is 7.47. The summed E-state index contributed by atoms with van der Waals surface area (Å²) < 4.78 is 68.8. The highest BCUT2D eigenvalue weighted by atomic mass is 31.2. The first kappa shape index (κ1) is 99.1. The molecule has 0 bridgehead atoms. The Balaban J connectivity index is 5.26. The van der Waals surface area contributed by atoms with Crippen molar-refractivity contribution in [1.29, 1.82) is 0 Å². The Morgan fingerprint density at radius 3 is 0.614 bits per heavy atom. The molecule has 0 spiro atoms. The minimum absolute atomic E-state index is 0.106. The molecule has 5 atom stereocenters. The van der Waals surface area contributed by atoms with Crippen molar-refractivity contribution < 1.29 is 80.2 Å². The van der Waals surface area contributed by atoms with E-state index in [-0.39, 0.29) is 25.7 Å². The topological polar surface area (TPSA) is 237 Å². The zero-order valence-electron chi connectivity index (χ0n) is 66.5. The lowest BCUT2D eigenvalue weighted by Crippen LogP contribution is -2.30. The van der Waals surface area contributed by atoms with Crippen LogP contribution in [0.5, 0.6) is 0 Å². The van der Waals surface area contributed by atoms with Gasteiger partial charge in [-0.3, -0.25) is 37.3 Å². The number of rotatable bonds is 79. The second-order valence-electron chi connectivity index (χ2n) is 31.4. The summed E-state index contributed by atoms with van der Waals surface area (Å²) in [6.07, 6.45) is 58.2. The van der Waals surface area contributed by atoms with Gasteiger partial charge in [-0.25, -0.2) is 9.13 Å². The highest BCUT2D eigenvalue weighted by Gasteiger charge is 2.30. The molecule has 0 aliphatic heterocycles. The Morgan fingerprint density at radius 2 is 0.416 bits per heavy atom. The van der Waals surface area contributed by atoms with Crippen LogP contribution in [-0.4, -0.2) is 96.7 Å². The molecular formula is C82H160O17P2. The molecule has 0 aromatic heterocycles. The van der Waals surface area contributed by atoms with Gasteiger partial charge in [-0.1, -0.05) is 370 Å². The van der Waals surface area contributed by atoms with Crippen molar-refractivity contribution in [3.05, 3.63) is 0 Å². The molecule has 19 heteroatoms. The van der Waals surface area contributed by atoms with Crippen molar-refractivity contribution in [2.75, 3.05) is 39.6 Å². The Bertz CT molecular complexity index is 1970. The van der Waals surface area contributed by atoms with Crippen molar-refractivity contribution in [3.8, 4) is 0 Å². The molecule has 2 unspecified atom stereocenters. The first-order chi connectivity index (χ1) is 48.6. The van der Waals surface area contributed by atoms with E-state index >= 15 is 0 Å². The molecule has 0 saturated heterocycles. The van der Waals surface area contributed by atoms with Gasteiger partial charge in [-0.2, -0.15) is 0 Å². The lowest BCUT2D eigenvalue weighted by atomic mass is 10.0. The maximum absolute atomic E-state index is 13.1. The maximum Gasteiger partial charge on any atom is 0.472 e. The quantitative estimate of drug-likeness (QED) is 0.0222. The Kier molecular flexibility index (Phi) is 69.6. The number of carbonyl (C=O) groups excluding carboxylic acids is 4. The number of phosphoric acid groups is 2. The number of phosphoric ester groups is 2. The van der Waals surface area contributed by atoms with Gasteiger partial charge in [0.15, 0.2) is 12.2 Å². The third kappa shape index (κ3) is 76.1. The van der Waals surface area contributed by atoms with E-state index in [0.29, 0.717) is 25.7 Å². The minimum Gasteiger partial charge on any atom is -0.462 e. The van der Waals surface area contributed by atoms with Gasteiger partial charge in [0, 0.05) is 25.7 Å². The number of esters is 4. The van der Waals surface area contributed by atoms with Crippen LogP contribution in [0.3, 0.4) is 0 Å². The molecule has 0 radical (unpaired) electrons. The van der Waals surface area contributed by atoms with Crippen LogP contribution in [0.4, 0.5) is 0 Å². The molecule has 101 heavy (non-hydrogen) atoms. The second-order valence-corrected chi connectivity index (χ2v) is 34.3. The number of carbonyl (C=O) groups is 4. The fourth-order valence-electron chi connectivity index (χ4n) is 12.6. The lowest BCUT2D eigenvalue weighted by molar-refractivity contribution is -0.161. The number of aliphatic hydroxyl groups excluding tert-OH is 1. The normalized spacial score (nSPS) is 14.0. The standard InChI is InChI=1S/C82H160O17P2/c1-72(2)58-50-42-34-26-19-14-11-9-10-12-16-23-31-40-48-56-64-81(86)98-77(68-92-79(84)62-54-46-38-30-22-17-13-15-20-27-35-43-51-59-73(3)4)70-96-100(88,89)94-66-76(83)67-95-101(90,91)97-71-78(69-93-80(85)63-55-47-39-33-25-29-37-45-53-61-75(7)8)99-82(87)65-57-49-41-32-24-18-21-28-36-44-52-60-74(5)6/h72-78,83H,9-71H2,1-8H3,(H,88,89)(H,90,91)/t76-,77-,78-/m1/s1. The van der Waals surface area contributed by atoms with Crippen LogP contribution in [0.1, 0.15) is 421 Å². The van der Waals surface area contributed by atoms with Gasteiger partial charge in [-0.05, 0) is 49.4 Å². The van der Waals surface area contributed by atoms with E-state index in [4.69, 9.17) is 37.0 Å². The third-order valence-corrected chi connectivity index (χ3v) is 21.0. The van der Waals surface area contributed by atoms with Crippen LogP contribution in [0, 0.1) is 23.7 Å². The van der Waals surface area contributed by atoms with E-state index in [2.05, 4.69) is 55.4 Å². The summed E-state index contributed by atoms with van der Waals surface area (Å²) in [5.74, 6) is 0.998. The molecule has 17 nitrogen and oxygen atoms in total. The van der Waals surface area contributed by atoms with E-state index in [0.717, 1.165) is 114 Å². The largest absolute Gasteiger partial charge is 0.472 e. The van der Waals surface area contributed by atoms with Crippen molar-refractivity contribution in [2.24, 2.45) is 23.7 Å². The zero-order valence-corrected chi connectivity index (χ0v) is 68.3. The van der Waals surface area contributed by atoms with Crippen LogP contribution < -0.4 is 0 Å². The van der Waals surface area contributed by atoms with Gasteiger partial charge in [0.2, 0.25) is 0 Å². The van der Waals surface area contributed by atoms with Crippen molar-refractivity contribution in [1.82, 2.24) is 0 Å². The van der Waals surface area contributed by atoms with Crippen LogP contribution in [-0.2, 0) is 65.4 Å². The molecule has 600 valence electrons. The molecule has 0 rings (SSSR count). The van der Waals surface area contributed by atoms with Crippen molar-refractivity contribution in [3.63, 3.8) is 0 Å². The average molecular weight is 1480 g/mol. The summed E-state index contributed by atoms with van der Waals surface area (Å²) in [6.45, 7) is 14.3. The Morgan fingerprint density at radius 1 is 0.248 bits per heavy atom. The van der Waals surface area contributed by atoms with E-state index in [9.17, 15) is 43.2 Å². The molecule has 0 amide bonds. The predicted molar refractivity (Wildman–Crippen MR) is 414 cm³/mol. The summed E-state index contributed by atoms with van der Waals surface area (Å²) in [7, 11) is -9.92. The van der Waals surface area contributed by atoms with Crippen molar-refractivity contribution >= 4 is 39.5 Å². The third-order valence-electron chi connectivity index (χ3n) is 19.1. The molecule has 0 aliphatic rings. The molecule has 0 aromatic rings. The summed E-state index contributed by atoms with van der Waals surface area (Å²) >= 11 is 0. The molecule has 0 aromatic carbocycles. The number of hydrogen-bond donors (Lipinski definition) is 3. The van der Waals surface area contributed by atoms with E-state index in [1.165, 1.54) is 225 Å². The monoisotopic (exact) mass is 1480 g/mol. The predicted octanol–water partition coefficient (Wildman–Crippen LogP) is 24.4. The summed E-state index contributed by atoms with van der Waals surface area (Å²) in [4.78, 5) is 73.1. The number of unbranched alkanes of at least 4 members (excludes halogenated alkanes) is 45. The fourth-order valence-corrected chi connectivity index (χ4v) is 14.2. The van der Waals surface area contributed by atoms with Crippen LogP contribution >= 0.6 is 15.6 Å². The van der Waals surface area contributed by atoms with Gasteiger partial charge in [-0.15, -0.1) is 0 Å². The Hall–Kier alpha value is -1.94. The molecule has 0 saturated carbocycles. The van der Waals surface area contributed by atoms with Gasteiger partial charge < -0.3 is 33.8 Å². The van der Waals surface area contributed by atoms with Crippen molar-refractivity contribution in [2.45, 2.75) is 440 Å². The Labute approximate surface area is 619 Å². The average Bonchev–Trinajstić information content (AvgIpc) is 1.01. The minimum atomic E-state index is -4.96. The number of ether oxygens (including phenoxy) is 4. The lowest BCUT2D eigenvalue weighted by Gasteiger charge is -2.21. The van der Waals surface area contributed by atoms with Gasteiger partial charge >= 0.3 is 39.5 Å². The highest BCUT2D eigenvalue weighted by Crippen LogP contribution is 2.45. The van der Waals surface area contributed by atoms with Crippen LogP contribution in [0.15, 0.2) is 0 Å². The summed E-state index contributed by atoms with van der Waals surface area (Å²) in [6, 6.07) is 0. The molecule has 0 heterocycles. The van der Waals surface area contributed by atoms with Gasteiger partial charge in [0.1, 0.15) is 19.3 Å². The SMILES string of the molecule is CC(C)CCCCCCCCCCCCCCCCCCC(=O)O[C@H](COC(=O)CCCCCCCCCCCCCCCC(C)C)COP(=O)(O)OC[C@@H](O)COP(=O)(O)OC[C@@H](COC(=O)CCCCCCCCCCCC(C)C)OC(=O)CCCCCCCCCCCCCC(C)C. The van der Waals surface area contributed by atoms with Crippen LogP contribution in [0.2, 0.25) is 0 Å². The first-order valence-corrected chi connectivity index (χ1v) is 45.2. The molecule has 3 N–H and O–H groups in total. The molecular weight excluding hydrogens is 1320 g/mol. The number of aliphatic hydroxyl groups is 1. The molecule has 0 fully saturated rings. The smallest absolute Gasteiger partial charge is 0.462 e. The first-order valence-electron chi connectivity index (χ1n) is 42.2. The second kappa shape index (κ2) is 71.0. The van der Waals surface area contributed by atoms with E-state index in [1.807, 2.05) is 0 Å². The summed E-state index contributed by atoms with van der Waals surface area (Å²) in [5.41, 5.74) is 0. The van der Waals surface area contributed by atoms with E-state index in [1.54, 1.807) is 0 Å². The van der Waals surface area contributed by atoms with E-state index < -0.39 is 97.5 Å². The van der Waals surface area contributed by atoms with Gasteiger partial charge in [0.25, 0.3) is 0 Å². The molecule has 0 aliphatic carbocycles.